The van der Waals surface area contributed by atoms with E-state index >= 15 is 0 Å². The van der Waals surface area contributed by atoms with E-state index in [4.69, 9.17) is 0 Å². The Kier molecular flexibility index (Phi) is 4.77. The first kappa shape index (κ1) is 16.9. The van der Waals surface area contributed by atoms with E-state index < -0.39 is 11.7 Å². The van der Waals surface area contributed by atoms with Crippen LogP contribution >= 0.6 is 15.9 Å². The first-order valence-electron chi connectivity index (χ1n) is 7.44. The number of hydrogen-bond acceptors (Lipinski definition) is 0. The van der Waals surface area contributed by atoms with Crippen molar-refractivity contribution >= 4 is 15.9 Å². The molecule has 1 aliphatic rings. The molecule has 3 atom stereocenters. The van der Waals surface area contributed by atoms with Crippen LogP contribution in [0.1, 0.15) is 51.2 Å². The van der Waals surface area contributed by atoms with Gasteiger partial charge in [0.1, 0.15) is 0 Å². The smallest absolute Gasteiger partial charge is 0.166 e. The molecule has 0 heterocycles. The highest BCUT2D eigenvalue weighted by molar-refractivity contribution is 9.09. The average Bonchev–Trinajstić information content (AvgIpc) is 2.37. The van der Waals surface area contributed by atoms with Gasteiger partial charge in [-0.15, -0.1) is 0 Å². The molecule has 4 heteroatoms. The van der Waals surface area contributed by atoms with Crippen molar-refractivity contribution in [1.82, 2.24) is 0 Å². The van der Waals surface area contributed by atoms with Gasteiger partial charge in [0.05, 0.1) is 5.56 Å². The Hall–Kier alpha value is -0.510. The summed E-state index contributed by atoms with van der Waals surface area (Å²) in [4.78, 5) is 0.429. The van der Waals surface area contributed by atoms with E-state index in [1.807, 2.05) is 0 Å². The standard InChI is InChI=1S/C17H22BrF3/c1-11-4-9-14(15(18)10-11)16(2,3)12-5-7-13(8-6-12)17(19,20)21/h5-8,11,14-15H,4,9-10H2,1-3H3. The summed E-state index contributed by atoms with van der Waals surface area (Å²) in [5.41, 5.74) is 0.285. The topological polar surface area (TPSA) is 0 Å². The molecule has 1 saturated carbocycles. The summed E-state index contributed by atoms with van der Waals surface area (Å²) in [5.74, 6) is 1.17. The highest BCUT2D eigenvalue weighted by Gasteiger charge is 2.39. The minimum atomic E-state index is -4.26. The fourth-order valence-electron chi connectivity index (χ4n) is 3.43. The average molecular weight is 363 g/mol. The lowest BCUT2D eigenvalue weighted by molar-refractivity contribution is -0.137. The summed E-state index contributed by atoms with van der Waals surface area (Å²) in [7, 11) is 0. The minimum absolute atomic E-state index is 0.127. The van der Waals surface area contributed by atoms with E-state index in [0.29, 0.717) is 16.7 Å². The Morgan fingerprint density at radius 3 is 2.00 bits per heavy atom. The molecule has 1 aromatic carbocycles. The molecule has 0 spiro atoms. The van der Waals surface area contributed by atoms with Gasteiger partial charge in [0.2, 0.25) is 0 Å². The summed E-state index contributed by atoms with van der Waals surface area (Å²) >= 11 is 3.79. The van der Waals surface area contributed by atoms with Crippen LogP contribution in [-0.2, 0) is 11.6 Å². The molecule has 1 aliphatic carbocycles. The third kappa shape index (κ3) is 3.64. The van der Waals surface area contributed by atoms with Crippen LogP contribution < -0.4 is 0 Å². The third-order valence-corrected chi connectivity index (χ3v) is 5.93. The Morgan fingerprint density at radius 1 is 1.00 bits per heavy atom. The van der Waals surface area contributed by atoms with Crippen LogP contribution in [0.15, 0.2) is 24.3 Å². The number of hydrogen-bond donors (Lipinski definition) is 0. The van der Waals surface area contributed by atoms with Gasteiger partial charge in [-0.25, -0.2) is 0 Å². The van der Waals surface area contributed by atoms with E-state index in [-0.39, 0.29) is 5.41 Å². The number of rotatable bonds is 2. The monoisotopic (exact) mass is 362 g/mol. The SMILES string of the molecule is CC1CCC(C(C)(C)c2ccc(C(F)(F)F)cc2)C(Br)C1. The summed E-state index contributed by atoms with van der Waals surface area (Å²) < 4.78 is 38.0. The molecule has 0 nitrogen and oxygen atoms in total. The fourth-order valence-corrected chi connectivity index (χ4v) is 4.99. The van der Waals surface area contributed by atoms with Crippen LogP contribution in [0.3, 0.4) is 0 Å². The molecule has 0 bridgehead atoms. The Labute approximate surface area is 133 Å². The van der Waals surface area contributed by atoms with Crippen LogP contribution in [0.25, 0.3) is 0 Å². The van der Waals surface area contributed by atoms with Gasteiger partial charge < -0.3 is 0 Å². The summed E-state index contributed by atoms with van der Waals surface area (Å²) in [6, 6.07) is 5.68. The molecule has 1 aromatic rings. The predicted octanol–water partition coefficient (Wildman–Crippen LogP) is 6.18. The highest BCUT2D eigenvalue weighted by atomic mass is 79.9. The summed E-state index contributed by atoms with van der Waals surface area (Å²) in [6.07, 6.45) is -0.822. The largest absolute Gasteiger partial charge is 0.416 e. The van der Waals surface area contributed by atoms with Crippen LogP contribution in [-0.4, -0.2) is 4.83 Å². The molecule has 21 heavy (non-hydrogen) atoms. The molecular weight excluding hydrogens is 341 g/mol. The minimum Gasteiger partial charge on any atom is -0.166 e. The second kappa shape index (κ2) is 5.94. The van der Waals surface area contributed by atoms with E-state index in [9.17, 15) is 13.2 Å². The quantitative estimate of drug-likeness (QED) is 0.550. The molecule has 0 aromatic heterocycles. The predicted molar refractivity (Wildman–Crippen MR) is 83.7 cm³/mol. The van der Waals surface area contributed by atoms with Crippen molar-refractivity contribution in [2.24, 2.45) is 11.8 Å². The van der Waals surface area contributed by atoms with E-state index in [0.717, 1.165) is 18.4 Å². The fraction of sp³-hybridized carbons (Fsp3) is 0.647. The van der Waals surface area contributed by atoms with Crippen molar-refractivity contribution in [2.75, 3.05) is 0 Å². The molecule has 0 aliphatic heterocycles. The number of benzene rings is 1. The summed E-state index contributed by atoms with van der Waals surface area (Å²) in [6.45, 7) is 6.55. The first-order chi connectivity index (χ1) is 9.62. The van der Waals surface area contributed by atoms with Crippen molar-refractivity contribution in [2.45, 2.75) is 56.5 Å². The number of alkyl halides is 4. The first-order valence-corrected chi connectivity index (χ1v) is 8.35. The third-order valence-electron chi connectivity index (χ3n) is 4.92. The highest BCUT2D eigenvalue weighted by Crippen LogP contribution is 2.45. The maximum atomic E-state index is 12.7. The zero-order chi connectivity index (χ0) is 15.8. The van der Waals surface area contributed by atoms with Crippen molar-refractivity contribution < 1.29 is 13.2 Å². The van der Waals surface area contributed by atoms with Gasteiger partial charge >= 0.3 is 6.18 Å². The van der Waals surface area contributed by atoms with Crippen molar-refractivity contribution in [3.8, 4) is 0 Å². The van der Waals surface area contributed by atoms with Gasteiger partial charge in [0.15, 0.2) is 0 Å². The van der Waals surface area contributed by atoms with Gasteiger partial charge in [0.25, 0.3) is 0 Å². The van der Waals surface area contributed by atoms with Crippen LogP contribution in [0.4, 0.5) is 13.2 Å². The molecule has 0 saturated heterocycles. The molecule has 0 N–H and O–H groups in total. The Morgan fingerprint density at radius 2 is 1.52 bits per heavy atom. The maximum Gasteiger partial charge on any atom is 0.416 e. The zero-order valence-electron chi connectivity index (χ0n) is 12.7. The maximum absolute atomic E-state index is 12.7. The Balaban J connectivity index is 2.23. The molecule has 0 amide bonds. The van der Waals surface area contributed by atoms with Crippen molar-refractivity contribution in [3.05, 3.63) is 35.4 Å². The lowest BCUT2D eigenvalue weighted by atomic mass is 9.66. The normalized spacial score (nSPS) is 27.7. The molecule has 3 unspecified atom stereocenters. The van der Waals surface area contributed by atoms with Crippen LogP contribution in [0.2, 0.25) is 0 Å². The van der Waals surface area contributed by atoms with Crippen LogP contribution in [0, 0.1) is 11.8 Å². The van der Waals surface area contributed by atoms with Crippen molar-refractivity contribution in [3.63, 3.8) is 0 Å². The lowest BCUT2D eigenvalue weighted by Crippen LogP contribution is -2.38. The number of halogens is 4. The van der Waals surface area contributed by atoms with Gasteiger partial charge in [0, 0.05) is 4.83 Å². The second-order valence-electron chi connectivity index (χ2n) is 6.84. The second-order valence-corrected chi connectivity index (χ2v) is 8.01. The molecule has 0 radical (unpaired) electrons. The molecule has 2 rings (SSSR count). The Bertz CT molecular complexity index is 476. The van der Waals surface area contributed by atoms with Gasteiger partial charge in [-0.1, -0.05) is 55.3 Å². The van der Waals surface area contributed by atoms with Gasteiger partial charge in [-0.2, -0.15) is 13.2 Å². The molecule has 118 valence electrons. The summed E-state index contributed by atoms with van der Waals surface area (Å²) in [5, 5.41) is 0. The zero-order valence-corrected chi connectivity index (χ0v) is 14.3. The lowest BCUT2D eigenvalue weighted by Gasteiger charge is -2.42. The molecular formula is C17H22BrF3. The molecule has 1 fully saturated rings. The van der Waals surface area contributed by atoms with E-state index in [1.54, 1.807) is 12.1 Å². The van der Waals surface area contributed by atoms with E-state index in [2.05, 4.69) is 36.7 Å². The van der Waals surface area contributed by atoms with E-state index in [1.165, 1.54) is 18.6 Å². The van der Waals surface area contributed by atoms with Gasteiger partial charge in [-0.05, 0) is 47.8 Å². The van der Waals surface area contributed by atoms with Crippen molar-refractivity contribution in [1.29, 1.82) is 0 Å². The van der Waals surface area contributed by atoms with Gasteiger partial charge in [-0.3, -0.25) is 0 Å². The van der Waals surface area contributed by atoms with Crippen LogP contribution in [0.5, 0.6) is 0 Å².